The van der Waals surface area contributed by atoms with Gasteiger partial charge in [-0.05, 0) is 39.8 Å². The standard InChI is InChI=1S/C24H26O2/c1-4-7-18-10-12-19(13-11-18)17(2)23(24(25)26-3)22-15-14-20-8-5-6-9-21(20)16-22/h5-6,8-17,23H,4,7H2,1-3H3. The molecule has 0 saturated carbocycles. The smallest absolute Gasteiger partial charge is 0.313 e. The number of carbonyl (C=O) groups is 1. The molecule has 0 heterocycles. The van der Waals surface area contributed by atoms with Crippen LogP contribution in [0.25, 0.3) is 10.8 Å². The molecule has 3 aromatic rings. The molecular formula is C24H26O2. The van der Waals surface area contributed by atoms with Crippen molar-refractivity contribution in [2.75, 3.05) is 7.11 Å². The Morgan fingerprint density at radius 1 is 0.923 bits per heavy atom. The van der Waals surface area contributed by atoms with Crippen LogP contribution in [0.3, 0.4) is 0 Å². The van der Waals surface area contributed by atoms with Crippen LogP contribution in [0.2, 0.25) is 0 Å². The molecule has 26 heavy (non-hydrogen) atoms. The predicted molar refractivity (Wildman–Crippen MR) is 108 cm³/mol. The number of carbonyl (C=O) groups excluding carboxylic acids is 1. The van der Waals surface area contributed by atoms with E-state index in [2.05, 4.69) is 62.4 Å². The van der Waals surface area contributed by atoms with Gasteiger partial charge in [-0.15, -0.1) is 0 Å². The molecule has 2 unspecified atom stereocenters. The Kier molecular flexibility index (Phi) is 5.72. The number of methoxy groups -OCH3 is 1. The van der Waals surface area contributed by atoms with Crippen molar-refractivity contribution in [1.82, 2.24) is 0 Å². The molecule has 2 heteroatoms. The molecule has 0 radical (unpaired) electrons. The van der Waals surface area contributed by atoms with Gasteiger partial charge in [0.15, 0.2) is 0 Å². The summed E-state index contributed by atoms with van der Waals surface area (Å²) in [5.74, 6) is -0.466. The van der Waals surface area contributed by atoms with E-state index in [1.54, 1.807) is 0 Å². The van der Waals surface area contributed by atoms with Crippen LogP contribution in [0.5, 0.6) is 0 Å². The molecule has 3 aromatic carbocycles. The van der Waals surface area contributed by atoms with E-state index in [-0.39, 0.29) is 17.8 Å². The van der Waals surface area contributed by atoms with Gasteiger partial charge in [0.25, 0.3) is 0 Å². The maximum absolute atomic E-state index is 12.6. The fraction of sp³-hybridized carbons (Fsp3) is 0.292. The van der Waals surface area contributed by atoms with Crippen molar-refractivity contribution in [1.29, 1.82) is 0 Å². The van der Waals surface area contributed by atoms with Gasteiger partial charge < -0.3 is 4.74 Å². The summed E-state index contributed by atoms with van der Waals surface area (Å²) in [5, 5.41) is 2.32. The second-order valence-electron chi connectivity index (χ2n) is 6.89. The zero-order valence-electron chi connectivity index (χ0n) is 15.7. The van der Waals surface area contributed by atoms with E-state index in [0.29, 0.717) is 0 Å². The van der Waals surface area contributed by atoms with Gasteiger partial charge in [-0.3, -0.25) is 4.79 Å². The zero-order chi connectivity index (χ0) is 18.5. The van der Waals surface area contributed by atoms with Crippen molar-refractivity contribution < 1.29 is 9.53 Å². The molecule has 2 nitrogen and oxygen atoms in total. The third-order valence-corrected chi connectivity index (χ3v) is 5.13. The number of benzene rings is 3. The van der Waals surface area contributed by atoms with Crippen molar-refractivity contribution >= 4 is 16.7 Å². The molecule has 0 aliphatic carbocycles. The van der Waals surface area contributed by atoms with Crippen molar-refractivity contribution in [3.05, 3.63) is 83.4 Å². The number of hydrogen-bond donors (Lipinski definition) is 0. The highest BCUT2D eigenvalue weighted by atomic mass is 16.5. The molecule has 0 aliphatic heterocycles. The van der Waals surface area contributed by atoms with Crippen molar-refractivity contribution in [3.8, 4) is 0 Å². The molecule has 0 aliphatic rings. The largest absolute Gasteiger partial charge is 0.469 e. The second kappa shape index (κ2) is 8.18. The third-order valence-electron chi connectivity index (χ3n) is 5.13. The van der Waals surface area contributed by atoms with Crippen LogP contribution in [0.4, 0.5) is 0 Å². The average Bonchev–Trinajstić information content (AvgIpc) is 2.68. The first-order chi connectivity index (χ1) is 12.6. The first kappa shape index (κ1) is 18.2. The van der Waals surface area contributed by atoms with Gasteiger partial charge in [0.05, 0.1) is 13.0 Å². The molecule has 0 N–H and O–H groups in total. The molecule has 0 saturated heterocycles. The fourth-order valence-electron chi connectivity index (χ4n) is 3.63. The first-order valence-corrected chi connectivity index (χ1v) is 9.29. The minimum atomic E-state index is -0.318. The number of rotatable bonds is 6. The van der Waals surface area contributed by atoms with Crippen molar-refractivity contribution in [2.24, 2.45) is 0 Å². The van der Waals surface area contributed by atoms with Gasteiger partial charge in [0, 0.05) is 0 Å². The van der Waals surface area contributed by atoms with E-state index < -0.39 is 0 Å². The fourth-order valence-corrected chi connectivity index (χ4v) is 3.63. The van der Waals surface area contributed by atoms with Gasteiger partial charge >= 0.3 is 5.97 Å². The average molecular weight is 346 g/mol. The molecule has 0 aromatic heterocycles. The summed E-state index contributed by atoms with van der Waals surface area (Å²) in [6.07, 6.45) is 2.22. The Labute approximate surface area is 155 Å². The SMILES string of the molecule is CCCc1ccc(C(C)C(C(=O)OC)c2ccc3ccccc3c2)cc1. The summed E-state index contributed by atoms with van der Waals surface area (Å²) in [4.78, 5) is 12.6. The lowest BCUT2D eigenvalue weighted by Crippen LogP contribution is -2.20. The molecular weight excluding hydrogens is 320 g/mol. The number of ether oxygens (including phenoxy) is 1. The van der Waals surface area contributed by atoms with Gasteiger partial charge in [0.1, 0.15) is 0 Å². The molecule has 0 bridgehead atoms. The van der Waals surface area contributed by atoms with E-state index in [1.165, 1.54) is 18.1 Å². The summed E-state index contributed by atoms with van der Waals surface area (Å²) in [6.45, 7) is 4.29. The lowest BCUT2D eigenvalue weighted by molar-refractivity contribution is -0.142. The third kappa shape index (κ3) is 3.80. The number of aryl methyl sites for hydroxylation is 1. The predicted octanol–water partition coefficient (Wildman–Crippen LogP) is 5.85. The summed E-state index contributed by atoms with van der Waals surface area (Å²) in [5.41, 5.74) is 3.50. The van der Waals surface area contributed by atoms with Crippen LogP contribution in [0.1, 0.15) is 48.8 Å². The monoisotopic (exact) mass is 346 g/mol. The first-order valence-electron chi connectivity index (χ1n) is 9.29. The summed E-state index contributed by atoms with van der Waals surface area (Å²) < 4.78 is 5.14. The minimum Gasteiger partial charge on any atom is -0.469 e. The number of hydrogen-bond acceptors (Lipinski definition) is 2. The maximum atomic E-state index is 12.6. The van der Waals surface area contributed by atoms with E-state index in [9.17, 15) is 4.79 Å². The van der Waals surface area contributed by atoms with E-state index in [1.807, 2.05) is 18.2 Å². The topological polar surface area (TPSA) is 26.3 Å². The molecule has 2 atom stereocenters. The summed E-state index contributed by atoms with van der Waals surface area (Å²) >= 11 is 0. The van der Waals surface area contributed by atoms with Crippen LogP contribution in [-0.2, 0) is 16.0 Å². The van der Waals surface area contributed by atoms with Gasteiger partial charge in [-0.25, -0.2) is 0 Å². The highest BCUT2D eigenvalue weighted by molar-refractivity contribution is 5.86. The highest BCUT2D eigenvalue weighted by Gasteiger charge is 2.29. The maximum Gasteiger partial charge on any atom is 0.313 e. The summed E-state index contributed by atoms with van der Waals surface area (Å²) in [6, 6.07) is 23.1. The van der Waals surface area contributed by atoms with Crippen molar-refractivity contribution in [3.63, 3.8) is 0 Å². The van der Waals surface area contributed by atoms with Crippen LogP contribution in [-0.4, -0.2) is 13.1 Å². The normalized spacial score (nSPS) is 13.3. The molecule has 0 spiro atoms. The zero-order valence-corrected chi connectivity index (χ0v) is 15.7. The van der Waals surface area contributed by atoms with Crippen molar-refractivity contribution in [2.45, 2.75) is 38.5 Å². The van der Waals surface area contributed by atoms with Crippen LogP contribution >= 0.6 is 0 Å². The van der Waals surface area contributed by atoms with E-state index in [4.69, 9.17) is 4.74 Å². The molecule has 0 amide bonds. The summed E-state index contributed by atoms with van der Waals surface area (Å²) in [7, 11) is 1.47. The quantitative estimate of drug-likeness (QED) is 0.523. The van der Waals surface area contributed by atoms with Crippen LogP contribution < -0.4 is 0 Å². The number of fused-ring (bicyclic) bond motifs is 1. The Hall–Kier alpha value is -2.61. The minimum absolute atomic E-state index is 0.0410. The van der Waals surface area contributed by atoms with E-state index >= 15 is 0 Å². The Morgan fingerprint density at radius 3 is 2.23 bits per heavy atom. The number of esters is 1. The Morgan fingerprint density at radius 2 is 1.58 bits per heavy atom. The van der Waals surface area contributed by atoms with Gasteiger partial charge in [-0.2, -0.15) is 0 Å². The molecule has 3 rings (SSSR count). The second-order valence-corrected chi connectivity index (χ2v) is 6.89. The molecule has 134 valence electrons. The van der Waals surface area contributed by atoms with Gasteiger partial charge in [0.2, 0.25) is 0 Å². The Balaban J connectivity index is 1.97. The highest BCUT2D eigenvalue weighted by Crippen LogP contribution is 2.35. The van der Waals surface area contributed by atoms with Gasteiger partial charge in [-0.1, -0.05) is 87.0 Å². The van der Waals surface area contributed by atoms with Crippen LogP contribution in [0.15, 0.2) is 66.7 Å². The lowest BCUT2D eigenvalue weighted by atomic mass is 9.81. The van der Waals surface area contributed by atoms with E-state index in [0.717, 1.165) is 29.4 Å². The lowest BCUT2D eigenvalue weighted by Gasteiger charge is -2.23. The Bertz CT molecular complexity index is 880. The molecule has 0 fully saturated rings. The van der Waals surface area contributed by atoms with Crippen LogP contribution in [0, 0.1) is 0 Å².